The minimum atomic E-state index is -0.103. The highest BCUT2D eigenvalue weighted by atomic mass is 16.1. The van der Waals surface area contributed by atoms with Crippen molar-refractivity contribution in [2.24, 2.45) is 0 Å². The quantitative estimate of drug-likeness (QED) is 0.768. The Kier molecular flexibility index (Phi) is 3.75. The van der Waals surface area contributed by atoms with Gasteiger partial charge in [-0.3, -0.25) is 9.78 Å². The molecule has 1 unspecified atom stereocenters. The number of hydrogen-bond acceptors (Lipinski definition) is 4. The third-order valence-electron chi connectivity index (χ3n) is 3.44. The number of nitrogens with zero attached hydrogens (tertiary/aromatic N) is 2. The lowest BCUT2D eigenvalue weighted by atomic mass is 10.1. The van der Waals surface area contributed by atoms with Crippen LogP contribution >= 0.6 is 0 Å². The number of nitrogens with one attached hydrogen (secondary N) is 2. The van der Waals surface area contributed by atoms with Crippen molar-refractivity contribution in [3.05, 3.63) is 70.5 Å². The minimum Gasteiger partial charge on any atom is -0.309 e. The van der Waals surface area contributed by atoms with E-state index in [1.54, 1.807) is 18.5 Å². The average Bonchev–Trinajstić information content (AvgIpc) is 2.53. The second-order valence-corrected chi connectivity index (χ2v) is 4.91. The van der Waals surface area contributed by atoms with E-state index < -0.39 is 0 Å². The van der Waals surface area contributed by atoms with Crippen molar-refractivity contribution in [3.63, 3.8) is 0 Å². The predicted molar refractivity (Wildman–Crippen MR) is 81.9 cm³/mol. The Bertz CT molecular complexity index is 798. The number of H-pyrrole nitrogens is 1. The molecule has 0 aliphatic heterocycles. The molecule has 0 bridgehead atoms. The van der Waals surface area contributed by atoms with Gasteiger partial charge in [0.25, 0.3) is 5.56 Å². The monoisotopic (exact) mass is 280 g/mol. The van der Waals surface area contributed by atoms with Crippen molar-refractivity contribution < 1.29 is 0 Å². The molecule has 106 valence electrons. The third-order valence-corrected chi connectivity index (χ3v) is 3.44. The smallest absolute Gasteiger partial charge is 0.258 e. The predicted octanol–water partition coefficient (Wildman–Crippen LogP) is 2.17. The average molecular weight is 280 g/mol. The maximum atomic E-state index is 12.0. The van der Waals surface area contributed by atoms with Gasteiger partial charge < -0.3 is 10.3 Å². The molecule has 0 radical (unpaired) electrons. The van der Waals surface area contributed by atoms with Gasteiger partial charge in [-0.15, -0.1) is 0 Å². The first kappa shape index (κ1) is 13.5. The summed E-state index contributed by atoms with van der Waals surface area (Å²) < 4.78 is 0. The molecule has 2 aromatic heterocycles. The van der Waals surface area contributed by atoms with Crippen molar-refractivity contribution in [1.82, 2.24) is 20.3 Å². The maximum Gasteiger partial charge on any atom is 0.258 e. The van der Waals surface area contributed by atoms with Gasteiger partial charge in [0.1, 0.15) is 5.82 Å². The first-order valence-electron chi connectivity index (χ1n) is 6.85. The fraction of sp³-hybridized carbons (Fsp3) is 0.188. The van der Waals surface area contributed by atoms with E-state index in [0.29, 0.717) is 17.8 Å². The minimum absolute atomic E-state index is 0.103. The molecule has 2 heterocycles. The zero-order valence-corrected chi connectivity index (χ0v) is 11.7. The van der Waals surface area contributed by atoms with Gasteiger partial charge in [-0.05, 0) is 36.8 Å². The molecular formula is C16H16N4O. The maximum absolute atomic E-state index is 12.0. The van der Waals surface area contributed by atoms with E-state index in [0.717, 1.165) is 11.1 Å². The molecule has 1 aromatic carbocycles. The highest BCUT2D eigenvalue weighted by molar-refractivity contribution is 5.77. The van der Waals surface area contributed by atoms with Gasteiger partial charge in [-0.2, -0.15) is 0 Å². The van der Waals surface area contributed by atoms with Crippen LogP contribution in [-0.2, 0) is 6.54 Å². The van der Waals surface area contributed by atoms with Gasteiger partial charge >= 0.3 is 0 Å². The zero-order valence-electron chi connectivity index (χ0n) is 11.7. The number of benzene rings is 1. The summed E-state index contributed by atoms with van der Waals surface area (Å²) in [5.41, 5.74) is 1.76. The van der Waals surface area contributed by atoms with Crippen LogP contribution in [0.15, 0.2) is 53.6 Å². The van der Waals surface area contributed by atoms with Crippen LogP contribution in [0.3, 0.4) is 0 Å². The fourth-order valence-electron chi connectivity index (χ4n) is 2.24. The SMILES string of the molecule is CC(NCc1nc2ccccc2c(=O)[nH]1)c1ccncc1. The molecule has 0 aliphatic rings. The number of aromatic nitrogens is 3. The molecule has 5 heteroatoms. The molecule has 3 aromatic rings. The third kappa shape index (κ3) is 2.98. The molecule has 3 rings (SSSR count). The van der Waals surface area contributed by atoms with Crippen LogP contribution in [0.4, 0.5) is 0 Å². The highest BCUT2D eigenvalue weighted by Gasteiger charge is 2.07. The van der Waals surface area contributed by atoms with Crippen LogP contribution in [0, 0.1) is 0 Å². The topological polar surface area (TPSA) is 70.7 Å². The second kappa shape index (κ2) is 5.85. The molecule has 2 N–H and O–H groups in total. The lowest BCUT2D eigenvalue weighted by Gasteiger charge is -2.13. The molecule has 5 nitrogen and oxygen atoms in total. The summed E-state index contributed by atoms with van der Waals surface area (Å²) in [4.78, 5) is 23.3. The van der Waals surface area contributed by atoms with Crippen LogP contribution in [0.25, 0.3) is 10.9 Å². The first-order chi connectivity index (χ1) is 10.2. The Morgan fingerprint density at radius 2 is 1.95 bits per heavy atom. The Morgan fingerprint density at radius 1 is 1.19 bits per heavy atom. The Labute approximate surface area is 122 Å². The van der Waals surface area contributed by atoms with Crippen molar-refractivity contribution in [3.8, 4) is 0 Å². The first-order valence-corrected chi connectivity index (χ1v) is 6.85. The van der Waals surface area contributed by atoms with Gasteiger partial charge in [-0.25, -0.2) is 4.98 Å². The number of hydrogen-bond donors (Lipinski definition) is 2. The standard InChI is InChI=1S/C16H16N4O/c1-11(12-6-8-17-9-7-12)18-10-15-19-14-5-3-2-4-13(14)16(21)20-15/h2-9,11,18H,10H2,1H3,(H,19,20,21). The summed E-state index contributed by atoms with van der Waals surface area (Å²) in [5, 5.41) is 3.96. The molecule has 1 atom stereocenters. The van der Waals surface area contributed by atoms with Crippen LogP contribution in [0.1, 0.15) is 24.4 Å². The molecule has 21 heavy (non-hydrogen) atoms. The molecule has 0 amide bonds. The summed E-state index contributed by atoms with van der Waals surface area (Å²) in [7, 11) is 0. The lowest BCUT2D eigenvalue weighted by molar-refractivity contribution is 0.559. The van der Waals surface area contributed by atoms with E-state index in [9.17, 15) is 4.79 Å². The number of rotatable bonds is 4. The molecule has 0 saturated heterocycles. The van der Waals surface area contributed by atoms with Crippen molar-refractivity contribution in [2.75, 3.05) is 0 Å². The Balaban J connectivity index is 1.78. The molecular weight excluding hydrogens is 264 g/mol. The van der Waals surface area contributed by atoms with Crippen molar-refractivity contribution in [1.29, 1.82) is 0 Å². The number of fused-ring (bicyclic) bond motifs is 1. The van der Waals surface area contributed by atoms with E-state index in [1.807, 2.05) is 30.3 Å². The van der Waals surface area contributed by atoms with Crippen LogP contribution in [0.5, 0.6) is 0 Å². The summed E-state index contributed by atoms with van der Waals surface area (Å²) in [5.74, 6) is 0.639. The van der Waals surface area contributed by atoms with Crippen molar-refractivity contribution in [2.45, 2.75) is 19.5 Å². The van der Waals surface area contributed by atoms with E-state index in [1.165, 1.54) is 0 Å². The van der Waals surface area contributed by atoms with E-state index in [2.05, 4.69) is 27.2 Å². The Hall–Kier alpha value is -2.53. The van der Waals surface area contributed by atoms with Gasteiger partial charge in [-0.1, -0.05) is 12.1 Å². The second-order valence-electron chi connectivity index (χ2n) is 4.91. The molecule has 0 fully saturated rings. The molecule has 0 aliphatic carbocycles. The van der Waals surface area contributed by atoms with Gasteiger partial charge in [0.2, 0.25) is 0 Å². The fourth-order valence-corrected chi connectivity index (χ4v) is 2.24. The van der Waals surface area contributed by atoms with Crippen LogP contribution in [-0.4, -0.2) is 15.0 Å². The van der Waals surface area contributed by atoms with E-state index in [-0.39, 0.29) is 11.6 Å². The number of pyridine rings is 1. The van der Waals surface area contributed by atoms with Gasteiger partial charge in [0.15, 0.2) is 0 Å². The van der Waals surface area contributed by atoms with Crippen LogP contribution in [0.2, 0.25) is 0 Å². The highest BCUT2D eigenvalue weighted by Crippen LogP contribution is 2.11. The molecule has 0 saturated carbocycles. The summed E-state index contributed by atoms with van der Waals surface area (Å²) in [6, 6.07) is 11.4. The van der Waals surface area contributed by atoms with Gasteiger partial charge in [0.05, 0.1) is 17.4 Å². The van der Waals surface area contributed by atoms with Crippen molar-refractivity contribution >= 4 is 10.9 Å². The normalized spacial score (nSPS) is 12.4. The van der Waals surface area contributed by atoms with Gasteiger partial charge in [0, 0.05) is 18.4 Å². The lowest BCUT2D eigenvalue weighted by Crippen LogP contribution is -2.22. The number of para-hydroxylation sites is 1. The summed E-state index contributed by atoms with van der Waals surface area (Å²) >= 11 is 0. The largest absolute Gasteiger partial charge is 0.309 e. The summed E-state index contributed by atoms with van der Waals surface area (Å²) in [6.45, 7) is 2.57. The van der Waals surface area contributed by atoms with E-state index in [4.69, 9.17) is 0 Å². The van der Waals surface area contributed by atoms with Crippen LogP contribution < -0.4 is 10.9 Å². The Morgan fingerprint density at radius 3 is 2.76 bits per heavy atom. The number of aromatic amines is 1. The zero-order chi connectivity index (χ0) is 14.7. The van der Waals surface area contributed by atoms with E-state index >= 15 is 0 Å². The molecule has 0 spiro atoms. The summed E-state index contributed by atoms with van der Waals surface area (Å²) in [6.07, 6.45) is 3.54.